The number of H-pyrrole nitrogens is 1. The minimum absolute atomic E-state index is 0.0373. The predicted molar refractivity (Wildman–Crippen MR) is 143 cm³/mol. The second kappa shape index (κ2) is 9.92. The lowest BCUT2D eigenvalue weighted by atomic mass is 9.97. The first-order valence-electron chi connectivity index (χ1n) is 11.9. The van der Waals surface area contributed by atoms with E-state index in [4.69, 9.17) is 4.98 Å². The molecule has 7 nitrogen and oxygen atoms in total. The number of carbonyl (C=O) groups excluding carboxylic acids is 1. The number of nitrogens with one attached hydrogen (secondary N) is 2. The number of fused-ring (bicyclic) bond motifs is 1. The monoisotopic (exact) mass is 487 g/mol. The number of rotatable bonds is 6. The van der Waals surface area contributed by atoms with Crippen LogP contribution in [0.1, 0.15) is 18.4 Å². The van der Waals surface area contributed by atoms with Gasteiger partial charge in [-0.2, -0.15) is 0 Å². The Balaban J connectivity index is 1.30. The van der Waals surface area contributed by atoms with E-state index < -0.39 is 0 Å². The van der Waals surface area contributed by atoms with E-state index >= 15 is 0 Å². The molecule has 1 aliphatic rings. The number of aromatic amines is 1. The van der Waals surface area contributed by atoms with Gasteiger partial charge >= 0.3 is 0 Å². The summed E-state index contributed by atoms with van der Waals surface area (Å²) in [6.07, 6.45) is 1.69. The average molecular weight is 488 g/mol. The van der Waals surface area contributed by atoms with Crippen molar-refractivity contribution in [2.75, 3.05) is 37.0 Å². The number of hydrogen-bond acceptors (Lipinski definition) is 6. The van der Waals surface area contributed by atoms with Crippen LogP contribution in [0.2, 0.25) is 0 Å². The summed E-state index contributed by atoms with van der Waals surface area (Å²) in [6.45, 7) is 1.79. The SMILES string of the molecule is CN(C)c1ccc(CNC(=O)[C@H]2CCCN(c3nc4c(-c5ccccc5)csc4c(=O)[nH]3)C2)cc1. The standard InChI is InChI=1S/C27H29N5O2S/c1-31(2)21-12-10-18(11-13-21)15-28-25(33)20-9-6-14-32(16-20)27-29-23-22(19-7-4-3-5-8-19)17-35-24(23)26(34)30-27/h3-5,7-8,10-13,17,20H,6,9,14-16H2,1-2H3,(H,28,33)(H,29,30,34)/t20-/m0/s1. The van der Waals surface area contributed by atoms with E-state index in [9.17, 15) is 9.59 Å². The van der Waals surface area contributed by atoms with Gasteiger partial charge in [-0.1, -0.05) is 42.5 Å². The Kier molecular flexibility index (Phi) is 6.55. The van der Waals surface area contributed by atoms with Crippen LogP contribution in [0.3, 0.4) is 0 Å². The number of aromatic nitrogens is 2. The fraction of sp³-hybridized carbons (Fsp3) is 0.296. The van der Waals surface area contributed by atoms with Crippen molar-refractivity contribution in [3.63, 3.8) is 0 Å². The molecule has 1 aliphatic heterocycles. The van der Waals surface area contributed by atoms with Crippen LogP contribution in [0.25, 0.3) is 21.3 Å². The molecule has 0 saturated carbocycles. The summed E-state index contributed by atoms with van der Waals surface area (Å²) in [4.78, 5) is 37.7. The molecule has 180 valence electrons. The molecule has 4 aromatic rings. The normalized spacial score (nSPS) is 15.8. The number of piperidine rings is 1. The maximum Gasteiger partial charge on any atom is 0.270 e. The minimum atomic E-state index is -0.151. The molecule has 0 spiro atoms. The van der Waals surface area contributed by atoms with Crippen molar-refractivity contribution in [2.45, 2.75) is 19.4 Å². The van der Waals surface area contributed by atoms with Gasteiger partial charge in [-0.25, -0.2) is 4.98 Å². The van der Waals surface area contributed by atoms with Gasteiger partial charge < -0.3 is 15.1 Å². The van der Waals surface area contributed by atoms with Crippen molar-refractivity contribution in [3.05, 3.63) is 75.9 Å². The maximum atomic E-state index is 13.0. The third-order valence-electron chi connectivity index (χ3n) is 6.51. The third kappa shape index (κ3) is 4.93. The minimum Gasteiger partial charge on any atom is -0.378 e. The summed E-state index contributed by atoms with van der Waals surface area (Å²) in [5.41, 5.74) is 4.78. The largest absolute Gasteiger partial charge is 0.378 e. The van der Waals surface area contributed by atoms with Gasteiger partial charge in [0.1, 0.15) is 4.70 Å². The lowest BCUT2D eigenvalue weighted by Crippen LogP contribution is -2.44. The summed E-state index contributed by atoms with van der Waals surface area (Å²) in [5, 5.41) is 5.08. The number of nitrogens with zero attached hydrogens (tertiary/aromatic N) is 3. The second-order valence-electron chi connectivity index (χ2n) is 9.15. The van der Waals surface area contributed by atoms with Crippen LogP contribution in [0.5, 0.6) is 0 Å². The first-order valence-corrected chi connectivity index (χ1v) is 12.7. The first-order chi connectivity index (χ1) is 17.0. The number of amides is 1. The molecule has 0 radical (unpaired) electrons. The number of hydrogen-bond donors (Lipinski definition) is 2. The van der Waals surface area contributed by atoms with Crippen LogP contribution >= 0.6 is 11.3 Å². The van der Waals surface area contributed by atoms with E-state index in [0.717, 1.165) is 41.8 Å². The molecule has 1 amide bonds. The van der Waals surface area contributed by atoms with Gasteiger partial charge in [0.15, 0.2) is 0 Å². The molecule has 0 aliphatic carbocycles. The number of benzene rings is 2. The number of thiophene rings is 1. The lowest BCUT2D eigenvalue weighted by molar-refractivity contribution is -0.125. The van der Waals surface area contributed by atoms with Crippen LogP contribution in [0, 0.1) is 5.92 Å². The molecule has 0 unspecified atom stereocenters. The van der Waals surface area contributed by atoms with E-state index in [2.05, 4.69) is 22.4 Å². The topological polar surface area (TPSA) is 81.3 Å². The molecule has 1 fully saturated rings. The van der Waals surface area contributed by atoms with Crippen molar-refractivity contribution in [1.82, 2.24) is 15.3 Å². The first kappa shape index (κ1) is 23.1. The zero-order valence-electron chi connectivity index (χ0n) is 20.0. The summed E-state index contributed by atoms with van der Waals surface area (Å²) >= 11 is 1.41. The van der Waals surface area contributed by atoms with Crippen molar-refractivity contribution >= 4 is 39.1 Å². The molecule has 35 heavy (non-hydrogen) atoms. The average Bonchev–Trinajstić information content (AvgIpc) is 3.33. The van der Waals surface area contributed by atoms with E-state index in [0.29, 0.717) is 29.3 Å². The van der Waals surface area contributed by atoms with Gasteiger partial charge in [0, 0.05) is 50.4 Å². The van der Waals surface area contributed by atoms with Crippen LogP contribution in [0.15, 0.2) is 64.8 Å². The van der Waals surface area contributed by atoms with Gasteiger partial charge in [0.2, 0.25) is 11.9 Å². The highest BCUT2D eigenvalue weighted by Crippen LogP contribution is 2.32. The lowest BCUT2D eigenvalue weighted by Gasteiger charge is -2.32. The molecule has 1 saturated heterocycles. The molecular weight excluding hydrogens is 458 g/mol. The zero-order chi connectivity index (χ0) is 24.4. The van der Waals surface area contributed by atoms with E-state index in [-0.39, 0.29) is 17.4 Å². The van der Waals surface area contributed by atoms with Crippen molar-refractivity contribution in [1.29, 1.82) is 0 Å². The number of carbonyl (C=O) groups is 1. The molecule has 8 heteroatoms. The fourth-order valence-corrected chi connectivity index (χ4v) is 5.43. The summed E-state index contributed by atoms with van der Waals surface area (Å²) in [5.74, 6) is 0.423. The van der Waals surface area contributed by atoms with Gasteiger partial charge in [0.05, 0.1) is 11.4 Å². The Morgan fingerprint density at radius 1 is 1.17 bits per heavy atom. The summed E-state index contributed by atoms with van der Waals surface area (Å²) in [7, 11) is 4.01. The highest BCUT2D eigenvalue weighted by atomic mass is 32.1. The molecule has 1 atom stereocenters. The quantitative estimate of drug-likeness (QED) is 0.425. The van der Waals surface area contributed by atoms with Crippen LogP contribution in [0.4, 0.5) is 11.6 Å². The van der Waals surface area contributed by atoms with Gasteiger partial charge in [-0.05, 0) is 36.1 Å². The third-order valence-corrected chi connectivity index (χ3v) is 7.48. The van der Waals surface area contributed by atoms with Gasteiger partial charge in [-0.15, -0.1) is 11.3 Å². The molecular formula is C27H29N5O2S. The second-order valence-corrected chi connectivity index (χ2v) is 10.0. The number of anilines is 2. The molecule has 2 aromatic heterocycles. The van der Waals surface area contributed by atoms with Crippen LogP contribution in [-0.2, 0) is 11.3 Å². The highest BCUT2D eigenvalue weighted by Gasteiger charge is 2.27. The Labute approximate surface area is 208 Å². The van der Waals surface area contributed by atoms with E-state index in [1.807, 2.05) is 71.7 Å². The van der Waals surface area contributed by atoms with E-state index in [1.165, 1.54) is 11.3 Å². The van der Waals surface area contributed by atoms with Crippen LogP contribution in [-0.4, -0.2) is 43.1 Å². The summed E-state index contributed by atoms with van der Waals surface area (Å²) < 4.78 is 0.624. The van der Waals surface area contributed by atoms with Gasteiger partial charge in [-0.3, -0.25) is 14.6 Å². The van der Waals surface area contributed by atoms with E-state index in [1.54, 1.807) is 0 Å². The smallest absolute Gasteiger partial charge is 0.270 e. The Morgan fingerprint density at radius 2 is 1.94 bits per heavy atom. The molecule has 3 heterocycles. The van der Waals surface area contributed by atoms with Crippen molar-refractivity contribution in [3.8, 4) is 11.1 Å². The molecule has 5 rings (SSSR count). The fourth-order valence-electron chi connectivity index (χ4n) is 4.52. The maximum absolute atomic E-state index is 13.0. The van der Waals surface area contributed by atoms with Crippen LogP contribution < -0.4 is 20.7 Å². The van der Waals surface area contributed by atoms with Gasteiger partial charge in [0.25, 0.3) is 5.56 Å². The Bertz CT molecular complexity index is 1380. The van der Waals surface area contributed by atoms with Crippen molar-refractivity contribution in [2.24, 2.45) is 5.92 Å². The summed E-state index contributed by atoms with van der Waals surface area (Å²) in [6, 6.07) is 18.2. The van der Waals surface area contributed by atoms with Crippen molar-refractivity contribution < 1.29 is 4.79 Å². The molecule has 0 bridgehead atoms. The molecule has 2 N–H and O–H groups in total. The highest BCUT2D eigenvalue weighted by molar-refractivity contribution is 7.17. The zero-order valence-corrected chi connectivity index (χ0v) is 20.8. The predicted octanol–water partition coefficient (Wildman–Crippen LogP) is 4.25. The molecule has 2 aromatic carbocycles. The Morgan fingerprint density at radius 3 is 2.69 bits per heavy atom. The Hall–Kier alpha value is -3.65.